The number of anilines is 1. The summed E-state index contributed by atoms with van der Waals surface area (Å²) in [5.74, 6) is -0.737. The Bertz CT molecular complexity index is 729. The number of hydrogen-bond donors (Lipinski definition) is 0. The summed E-state index contributed by atoms with van der Waals surface area (Å²) in [6.07, 6.45) is -0.843. The number of hydrogen-bond acceptors (Lipinski definition) is 4. The van der Waals surface area contributed by atoms with Gasteiger partial charge in [-0.3, -0.25) is 4.79 Å². The average Bonchev–Trinajstić information content (AvgIpc) is 2.61. The molecule has 132 valence electrons. The first-order valence-electron chi connectivity index (χ1n) is 8.15. The average molecular weight is 340 g/mol. The highest BCUT2D eigenvalue weighted by Crippen LogP contribution is 2.15. The molecule has 0 aromatic heterocycles. The van der Waals surface area contributed by atoms with E-state index in [0.717, 1.165) is 11.3 Å². The van der Waals surface area contributed by atoms with Gasteiger partial charge in [0.15, 0.2) is 6.10 Å². The minimum absolute atomic E-state index is 0.235. The second kappa shape index (κ2) is 8.33. The molecular weight excluding hydrogens is 316 g/mol. The standard InChI is InChI=1S/C20H24N2O3/c1-15(19(23)22(4)14-16-9-6-5-7-10-16)25-20(24)17-11-8-12-18(13-17)21(2)3/h5-13,15H,14H2,1-4H3/t15-/m1/s1. The molecule has 0 saturated heterocycles. The molecule has 0 unspecified atom stereocenters. The van der Waals surface area contributed by atoms with Crippen molar-refractivity contribution in [3.05, 3.63) is 65.7 Å². The molecular formula is C20H24N2O3. The Kier molecular flexibility index (Phi) is 6.17. The molecule has 0 spiro atoms. The van der Waals surface area contributed by atoms with Gasteiger partial charge >= 0.3 is 5.97 Å². The van der Waals surface area contributed by atoms with Crippen LogP contribution in [0.4, 0.5) is 5.69 Å². The van der Waals surface area contributed by atoms with Crippen molar-refractivity contribution < 1.29 is 14.3 Å². The molecule has 0 aliphatic carbocycles. The Hall–Kier alpha value is -2.82. The van der Waals surface area contributed by atoms with Crippen LogP contribution in [0.15, 0.2) is 54.6 Å². The summed E-state index contributed by atoms with van der Waals surface area (Å²) in [6.45, 7) is 2.06. The zero-order chi connectivity index (χ0) is 18.4. The minimum atomic E-state index is -0.843. The first kappa shape index (κ1) is 18.5. The molecule has 1 amide bonds. The molecule has 5 nitrogen and oxygen atoms in total. The summed E-state index contributed by atoms with van der Waals surface area (Å²) < 4.78 is 5.34. The van der Waals surface area contributed by atoms with Crippen LogP contribution >= 0.6 is 0 Å². The van der Waals surface area contributed by atoms with Crippen molar-refractivity contribution in [3.63, 3.8) is 0 Å². The third kappa shape index (κ3) is 5.08. The Labute approximate surface area is 148 Å². The summed E-state index contributed by atoms with van der Waals surface area (Å²) in [4.78, 5) is 28.2. The van der Waals surface area contributed by atoms with Crippen LogP contribution in [0.25, 0.3) is 0 Å². The summed E-state index contributed by atoms with van der Waals surface area (Å²) in [5, 5.41) is 0. The van der Waals surface area contributed by atoms with Gasteiger partial charge in [-0.15, -0.1) is 0 Å². The summed E-state index contributed by atoms with van der Waals surface area (Å²) >= 11 is 0. The normalized spacial score (nSPS) is 11.5. The number of rotatable bonds is 6. The highest BCUT2D eigenvalue weighted by Gasteiger charge is 2.22. The van der Waals surface area contributed by atoms with Crippen LogP contribution in [0.5, 0.6) is 0 Å². The zero-order valence-electron chi connectivity index (χ0n) is 15.1. The van der Waals surface area contributed by atoms with E-state index in [0.29, 0.717) is 12.1 Å². The van der Waals surface area contributed by atoms with Crippen molar-refractivity contribution in [2.75, 3.05) is 26.0 Å². The Morgan fingerprint density at radius 2 is 1.68 bits per heavy atom. The highest BCUT2D eigenvalue weighted by molar-refractivity contribution is 5.93. The van der Waals surface area contributed by atoms with Gasteiger partial charge in [-0.05, 0) is 30.7 Å². The van der Waals surface area contributed by atoms with Crippen LogP contribution in [0.2, 0.25) is 0 Å². The van der Waals surface area contributed by atoms with Crippen LogP contribution < -0.4 is 4.90 Å². The number of nitrogens with zero attached hydrogens (tertiary/aromatic N) is 2. The molecule has 0 fully saturated rings. The Balaban J connectivity index is 1.98. The topological polar surface area (TPSA) is 49.9 Å². The Morgan fingerprint density at radius 1 is 1.00 bits per heavy atom. The zero-order valence-corrected chi connectivity index (χ0v) is 15.1. The molecule has 1 atom stereocenters. The summed E-state index contributed by atoms with van der Waals surface area (Å²) in [5.41, 5.74) is 2.35. The number of ether oxygens (including phenoxy) is 1. The van der Waals surface area contributed by atoms with E-state index in [-0.39, 0.29) is 5.91 Å². The molecule has 0 saturated carbocycles. The lowest BCUT2D eigenvalue weighted by molar-refractivity contribution is -0.139. The van der Waals surface area contributed by atoms with E-state index in [9.17, 15) is 9.59 Å². The maximum absolute atomic E-state index is 12.4. The van der Waals surface area contributed by atoms with E-state index >= 15 is 0 Å². The maximum atomic E-state index is 12.4. The second-order valence-electron chi connectivity index (χ2n) is 6.17. The van der Waals surface area contributed by atoms with Crippen molar-refractivity contribution in [3.8, 4) is 0 Å². The molecule has 0 heterocycles. The quantitative estimate of drug-likeness (QED) is 0.759. The fourth-order valence-electron chi connectivity index (χ4n) is 2.44. The number of carbonyl (C=O) groups is 2. The number of carbonyl (C=O) groups excluding carboxylic acids is 2. The molecule has 0 radical (unpaired) electrons. The lowest BCUT2D eigenvalue weighted by Crippen LogP contribution is -2.37. The van der Waals surface area contributed by atoms with Gasteiger partial charge in [-0.2, -0.15) is 0 Å². The van der Waals surface area contributed by atoms with Crippen LogP contribution in [-0.2, 0) is 16.1 Å². The smallest absolute Gasteiger partial charge is 0.338 e. The summed E-state index contributed by atoms with van der Waals surface area (Å²) in [6, 6.07) is 16.8. The molecule has 25 heavy (non-hydrogen) atoms. The SMILES string of the molecule is C[C@@H](OC(=O)c1cccc(N(C)C)c1)C(=O)N(C)Cc1ccccc1. The van der Waals surface area contributed by atoms with Crippen LogP contribution in [0, 0.1) is 0 Å². The molecule has 2 aromatic carbocycles. The monoisotopic (exact) mass is 340 g/mol. The van der Waals surface area contributed by atoms with E-state index in [2.05, 4.69) is 0 Å². The van der Waals surface area contributed by atoms with E-state index in [1.165, 1.54) is 0 Å². The Morgan fingerprint density at radius 3 is 2.32 bits per heavy atom. The van der Waals surface area contributed by atoms with Gasteiger partial charge < -0.3 is 14.5 Å². The number of benzene rings is 2. The van der Waals surface area contributed by atoms with Gasteiger partial charge in [0.1, 0.15) is 0 Å². The molecule has 0 bridgehead atoms. The van der Waals surface area contributed by atoms with Crippen molar-refractivity contribution in [1.82, 2.24) is 4.90 Å². The van der Waals surface area contributed by atoms with Gasteiger partial charge in [-0.25, -0.2) is 4.79 Å². The number of esters is 1. The minimum Gasteiger partial charge on any atom is -0.449 e. The molecule has 0 N–H and O–H groups in total. The predicted molar refractivity (Wildman–Crippen MR) is 98.6 cm³/mol. The van der Waals surface area contributed by atoms with E-state index in [4.69, 9.17) is 4.74 Å². The third-order valence-corrected chi connectivity index (χ3v) is 3.87. The fourth-order valence-corrected chi connectivity index (χ4v) is 2.44. The van der Waals surface area contributed by atoms with Gasteiger partial charge in [0.05, 0.1) is 5.56 Å². The van der Waals surface area contributed by atoms with Crippen molar-refractivity contribution >= 4 is 17.6 Å². The molecule has 2 rings (SSSR count). The van der Waals surface area contributed by atoms with E-state index in [1.807, 2.05) is 55.4 Å². The van der Waals surface area contributed by atoms with Crippen LogP contribution in [-0.4, -0.2) is 44.0 Å². The fraction of sp³-hybridized carbons (Fsp3) is 0.300. The summed E-state index contributed by atoms with van der Waals surface area (Å²) in [7, 11) is 5.50. The van der Waals surface area contributed by atoms with Gasteiger partial charge in [-0.1, -0.05) is 36.4 Å². The van der Waals surface area contributed by atoms with Crippen molar-refractivity contribution in [2.45, 2.75) is 19.6 Å². The van der Waals surface area contributed by atoms with Crippen LogP contribution in [0.1, 0.15) is 22.8 Å². The molecule has 0 aliphatic rings. The van der Waals surface area contributed by atoms with E-state index < -0.39 is 12.1 Å². The lowest BCUT2D eigenvalue weighted by Gasteiger charge is -2.22. The molecule has 2 aromatic rings. The first-order valence-corrected chi connectivity index (χ1v) is 8.15. The second-order valence-corrected chi connectivity index (χ2v) is 6.17. The number of likely N-dealkylation sites (N-methyl/N-ethyl adjacent to an activating group) is 1. The predicted octanol–water partition coefficient (Wildman–Crippen LogP) is 2.96. The molecule has 0 aliphatic heterocycles. The third-order valence-electron chi connectivity index (χ3n) is 3.87. The lowest BCUT2D eigenvalue weighted by atomic mass is 10.2. The van der Waals surface area contributed by atoms with Gasteiger partial charge in [0.2, 0.25) is 0 Å². The molecule has 5 heteroatoms. The van der Waals surface area contributed by atoms with E-state index in [1.54, 1.807) is 37.1 Å². The number of amides is 1. The van der Waals surface area contributed by atoms with Crippen molar-refractivity contribution in [1.29, 1.82) is 0 Å². The first-order chi connectivity index (χ1) is 11.9. The van der Waals surface area contributed by atoms with Gasteiger partial charge in [0, 0.05) is 33.4 Å². The highest BCUT2D eigenvalue weighted by atomic mass is 16.5. The van der Waals surface area contributed by atoms with Gasteiger partial charge in [0.25, 0.3) is 5.91 Å². The maximum Gasteiger partial charge on any atom is 0.338 e. The van der Waals surface area contributed by atoms with Crippen molar-refractivity contribution in [2.24, 2.45) is 0 Å². The van der Waals surface area contributed by atoms with Crippen LogP contribution in [0.3, 0.4) is 0 Å². The largest absolute Gasteiger partial charge is 0.449 e.